The normalized spacial score (nSPS) is 22.6. The molecule has 1 fully saturated rings. The second-order valence-corrected chi connectivity index (χ2v) is 8.05. The number of hydrogen-bond donors (Lipinski definition) is 0. The van der Waals surface area contributed by atoms with Crippen molar-refractivity contribution in [2.24, 2.45) is 0 Å². The quantitative estimate of drug-likeness (QED) is 0.829. The number of amides is 1. The lowest BCUT2D eigenvalue weighted by atomic mass is 9.87. The summed E-state index contributed by atoms with van der Waals surface area (Å²) < 4.78 is 0. The monoisotopic (exact) mass is 363 g/mol. The molecule has 0 radical (unpaired) electrons. The fourth-order valence-electron chi connectivity index (χ4n) is 4.79. The van der Waals surface area contributed by atoms with Gasteiger partial charge < -0.3 is 4.90 Å². The SMILES string of the molecule is CCCC(=O)N1Cc2ccccc2CC2(CCCN2Cc2ccncc2)C1. The van der Waals surface area contributed by atoms with Crippen LogP contribution >= 0.6 is 0 Å². The van der Waals surface area contributed by atoms with Gasteiger partial charge in [0.2, 0.25) is 5.91 Å². The van der Waals surface area contributed by atoms with Crippen LogP contribution in [-0.4, -0.2) is 39.3 Å². The summed E-state index contributed by atoms with van der Waals surface area (Å²) in [6, 6.07) is 12.9. The van der Waals surface area contributed by atoms with Crippen LogP contribution in [0, 0.1) is 0 Å². The van der Waals surface area contributed by atoms with Crippen molar-refractivity contribution in [3.05, 3.63) is 65.5 Å². The van der Waals surface area contributed by atoms with Crippen LogP contribution in [0.15, 0.2) is 48.8 Å². The van der Waals surface area contributed by atoms with Crippen molar-refractivity contribution < 1.29 is 4.79 Å². The van der Waals surface area contributed by atoms with Gasteiger partial charge >= 0.3 is 0 Å². The molecule has 3 heterocycles. The zero-order valence-corrected chi connectivity index (χ0v) is 16.2. The van der Waals surface area contributed by atoms with Crippen molar-refractivity contribution in [2.75, 3.05) is 13.1 Å². The van der Waals surface area contributed by atoms with Crippen LogP contribution in [-0.2, 0) is 24.3 Å². The van der Waals surface area contributed by atoms with Gasteiger partial charge in [-0.1, -0.05) is 31.2 Å². The fraction of sp³-hybridized carbons (Fsp3) is 0.478. The highest BCUT2D eigenvalue weighted by Gasteiger charge is 2.44. The van der Waals surface area contributed by atoms with E-state index in [0.29, 0.717) is 12.3 Å². The lowest BCUT2D eigenvalue weighted by Crippen LogP contribution is -2.53. The molecule has 27 heavy (non-hydrogen) atoms. The summed E-state index contributed by atoms with van der Waals surface area (Å²) in [6.45, 7) is 5.71. The van der Waals surface area contributed by atoms with Crippen LogP contribution in [0.4, 0.5) is 0 Å². The molecule has 4 nitrogen and oxygen atoms in total. The molecule has 1 aromatic carbocycles. The van der Waals surface area contributed by atoms with E-state index in [-0.39, 0.29) is 5.54 Å². The molecule has 1 unspecified atom stereocenters. The Hall–Kier alpha value is -2.20. The Morgan fingerprint density at radius 1 is 1.15 bits per heavy atom. The summed E-state index contributed by atoms with van der Waals surface area (Å²) in [5, 5.41) is 0. The zero-order chi connectivity index (χ0) is 18.7. The number of rotatable bonds is 4. The molecule has 1 saturated heterocycles. The van der Waals surface area contributed by atoms with Crippen molar-refractivity contribution in [3.8, 4) is 0 Å². The van der Waals surface area contributed by atoms with Crippen LogP contribution in [0.2, 0.25) is 0 Å². The predicted octanol–water partition coefficient (Wildman–Crippen LogP) is 3.80. The summed E-state index contributed by atoms with van der Waals surface area (Å²) in [5.74, 6) is 0.296. The summed E-state index contributed by atoms with van der Waals surface area (Å²) in [4.78, 5) is 21.8. The first-order valence-electron chi connectivity index (χ1n) is 10.2. The molecule has 0 aliphatic carbocycles. The molecule has 1 spiro atoms. The molecule has 1 atom stereocenters. The van der Waals surface area contributed by atoms with E-state index in [4.69, 9.17) is 0 Å². The Kier molecular flexibility index (Phi) is 5.26. The number of pyridine rings is 1. The van der Waals surface area contributed by atoms with Crippen molar-refractivity contribution in [2.45, 2.75) is 57.7 Å². The lowest BCUT2D eigenvalue weighted by Gasteiger charge is -2.41. The van der Waals surface area contributed by atoms with Gasteiger partial charge in [0.1, 0.15) is 0 Å². The highest BCUT2D eigenvalue weighted by Crippen LogP contribution is 2.38. The predicted molar refractivity (Wildman–Crippen MR) is 107 cm³/mol. The molecule has 142 valence electrons. The molecular formula is C23H29N3O. The third-order valence-electron chi connectivity index (χ3n) is 6.16. The van der Waals surface area contributed by atoms with Gasteiger partial charge in [-0.05, 0) is 61.1 Å². The maximum Gasteiger partial charge on any atom is 0.222 e. The lowest BCUT2D eigenvalue weighted by molar-refractivity contribution is -0.133. The maximum absolute atomic E-state index is 12.9. The molecule has 1 aromatic heterocycles. The van der Waals surface area contributed by atoms with Crippen LogP contribution in [0.5, 0.6) is 0 Å². The summed E-state index contributed by atoms with van der Waals surface area (Å²) in [6.07, 6.45) is 8.68. The number of carbonyl (C=O) groups excluding carboxylic acids is 1. The largest absolute Gasteiger partial charge is 0.336 e. The molecule has 0 saturated carbocycles. The molecular weight excluding hydrogens is 334 g/mol. The Balaban J connectivity index is 1.67. The van der Waals surface area contributed by atoms with E-state index < -0.39 is 0 Å². The topological polar surface area (TPSA) is 36.4 Å². The van der Waals surface area contributed by atoms with Crippen LogP contribution in [0.25, 0.3) is 0 Å². The van der Waals surface area contributed by atoms with Crippen molar-refractivity contribution in [3.63, 3.8) is 0 Å². The summed E-state index contributed by atoms with van der Waals surface area (Å²) in [7, 11) is 0. The van der Waals surface area contributed by atoms with E-state index in [0.717, 1.165) is 45.4 Å². The second-order valence-electron chi connectivity index (χ2n) is 8.05. The van der Waals surface area contributed by atoms with Gasteiger partial charge in [-0.3, -0.25) is 14.7 Å². The summed E-state index contributed by atoms with van der Waals surface area (Å²) in [5.41, 5.74) is 4.06. The Labute approximate surface area is 162 Å². The van der Waals surface area contributed by atoms with Crippen molar-refractivity contribution in [1.29, 1.82) is 0 Å². The minimum atomic E-state index is 0.0409. The average Bonchev–Trinajstić information content (AvgIpc) is 2.96. The number of hydrogen-bond acceptors (Lipinski definition) is 3. The van der Waals surface area contributed by atoms with Crippen LogP contribution in [0.1, 0.15) is 49.3 Å². The first kappa shape index (κ1) is 18.2. The molecule has 4 rings (SSSR count). The van der Waals surface area contributed by atoms with Gasteiger partial charge in [-0.2, -0.15) is 0 Å². The van der Waals surface area contributed by atoms with E-state index in [1.54, 1.807) is 0 Å². The van der Waals surface area contributed by atoms with Gasteiger partial charge in [0.05, 0.1) is 0 Å². The third kappa shape index (κ3) is 3.77. The molecule has 2 aliphatic heterocycles. The van der Waals surface area contributed by atoms with E-state index in [2.05, 4.69) is 58.1 Å². The Morgan fingerprint density at radius 2 is 1.93 bits per heavy atom. The van der Waals surface area contributed by atoms with Crippen LogP contribution < -0.4 is 0 Å². The fourth-order valence-corrected chi connectivity index (χ4v) is 4.79. The maximum atomic E-state index is 12.9. The zero-order valence-electron chi connectivity index (χ0n) is 16.2. The average molecular weight is 364 g/mol. The molecule has 1 amide bonds. The number of fused-ring (bicyclic) bond motifs is 1. The van der Waals surface area contributed by atoms with E-state index >= 15 is 0 Å². The molecule has 0 N–H and O–H groups in total. The van der Waals surface area contributed by atoms with Gasteiger partial charge in [0, 0.05) is 44.0 Å². The van der Waals surface area contributed by atoms with Gasteiger partial charge in [0.15, 0.2) is 0 Å². The minimum Gasteiger partial charge on any atom is -0.336 e. The van der Waals surface area contributed by atoms with E-state index in [1.165, 1.54) is 23.1 Å². The second kappa shape index (κ2) is 7.81. The van der Waals surface area contributed by atoms with Crippen molar-refractivity contribution in [1.82, 2.24) is 14.8 Å². The first-order chi connectivity index (χ1) is 13.2. The number of benzene rings is 1. The first-order valence-corrected chi connectivity index (χ1v) is 10.2. The van der Waals surface area contributed by atoms with Gasteiger partial charge in [-0.15, -0.1) is 0 Å². The standard InChI is InChI=1S/C23H29N3O/c1-2-6-22(27)25-17-21-8-4-3-7-20(21)15-23(18-25)11-5-14-26(23)16-19-9-12-24-13-10-19/h3-4,7-10,12-13H,2,5-6,11,14-18H2,1H3. The molecule has 0 bridgehead atoms. The highest BCUT2D eigenvalue weighted by molar-refractivity contribution is 5.76. The van der Waals surface area contributed by atoms with Gasteiger partial charge in [0.25, 0.3) is 0 Å². The third-order valence-corrected chi connectivity index (χ3v) is 6.16. The van der Waals surface area contributed by atoms with Crippen molar-refractivity contribution >= 4 is 5.91 Å². The number of nitrogens with zero attached hydrogens (tertiary/aromatic N) is 3. The molecule has 4 heteroatoms. The highest BCUT2D eigenvalue weighted by atomic mass is 16.2. The minimum absolute atomic E-state index is 0.0409. The number of likely N-dealkylation sites (tertiary alicyclic amines) is 1. The Morgan fingerprint density at radius 3 is 2.70 bits per heavy atom. The molecule has 2 aliphatic rings. The Bertz CT molecular complexity index is 791. The molecule has 2 aromatic rings. The number of aromatic nitrogens is 1. The van der Waals surface area contributed by atoms with E-state index in [1.807, 2.05) is 12.4 Å². The number of carbonyl (C=O) groups is 1. The van der Waals surface area contributed by atoms with Crippen LogP contribution in [0.3, 0.4) is 0 Å². The van der Waals surface area contributed by atoms with Gasteiger partial charge in [-0.25, -0.2) is 0 Å². The smallest absolute Gasteiger partial charge is 0.222 e. The summed E-state index contributed by atoms with van der Waals surface area (Å²) >= 11 is 0. The van der Waals surface area contributed by atoms with E-state index in [9.17, 15) is 4.79 Å².